The summed E-state index contributed by atoms with van der Waals surface area (Å²) in [7, 11) is 1.76. The highest BCUT2D eigenvalue weighted by Crippen LogP contribution is 2.27. The van der Waals surface area contributed by atoms with Crippen LogP contribution in [-0.4, -0.2) is 14.7 Å². The van der Waals surface area contributed by atoms with Crippen molar-refractivity contribution in [2.45, 2.75) is 6.54 Å². The summed E-state index contributed by atoms with van der Waals surface area (Å²) < 4.78 is 15.1. The lowest BCUT2D eigenvalue weighted by Crippen LogP contribution is -2.04. The van der Waals surface area contributed by atoms with Crippen molar-refractivity contribution in [3.63, 3.8) is 0 Å². The van der Waals surface area contributed by atoms with Gasteiger partial charge in [0, 0.05) is 31.4 Å². The second kappa shape index (κ2) is 4.82. The Hall–Kier alpha value is -2.44. The van der Waals surface area contributed by atoms with Crippen molar-refractivity contribution in [2.75, 3.05) is 5.32 Å². The van der Waals surface area contributed by atoms with E-state index in [1.165, 1.54) is 18.2 Å². The number of rotatable bonds is 4. The third-order valence-corrected chi connectivity index (χ3v) is 2.42. The predicted octanol–water partition coefficient (Wildman–Crippen LogP) is 2.08. The highest BCUT2D eigenvalue weighted by atomic mass is 19.1. The zero-order valence-corrected chi connectivity index (χ0v) is 9.63. The molecule has 0 fully saturated rings. The molecule has 18 heavy (non-hydrogen) atoms. The van der Waals surface area contributed by atoms with Crippen molar-refractivity contribution in [3.05, 3.63) is 52.1 Å². The molecular weight excluding hydrogens is 239 g/mol. The van der Waals surface area contributed by atoms with Crippen molar-refractivity contribution < 1.29 is 9.31 Å². The predicted molar refractivity (Wildman–Crippen MR) is 63.6 cm³/mol. The van der Waals surface area contributed by atoms with Gasteiger partial charge in [0.05, 0.1) is 11.1 Å². The van der Waals surface area contributed by atoms with Crippen LogP contribution in [0.25, 0.3) is 0 Å². The first-order valence-electron chi connectivity index (χ1n) is 5.22. The lowest BCUT2D eigenvalue weighted by molar-refractivity contribution is -0.384. The number of hydrogen-bond acceptors (Lipinski definition) is 4. The molecule has 0 aliphatic carbocycles. The zero-order chi connectivity index (χ0) is 13.1. The molecule has 0 spiro atoms. The smallest absolute Gasteiger partial charge is 0.295 e. The molecule has 0 unspecified atom stereocenters. The van der Waals surface area contributed by atoms with Gasteiger partial charge >= 0.3 is 0 Å². The SMILES string of the molecule is Cn1cc(CNc2c(F)cccc2[N+](=O)[O-])cn1. The van der Waals surface area contributed by atoms with Crippen molar-refractivity contribution in [1.82, 2.24) is 9.78 Å². The first-order valence-corrected chi connectivity index (χ1v) is 5.22. The normalized spacial score (nSPS) is 10.3. The molecule has 6 nitrogen and oxygen atoms in total. The second-order valence-corrected chi connectivity index (χ2v) is 3.77. The molecule has 0 amide bonds. The maximum atomic E-state index is 13.5. The van der Waals surface area contributed by atoms with E-state index in [2.05, 4.69) is 10.4 Å². The Balaban J connectivity index is 2.20. The summed E-state index contributed by atoms with van der Waals surface area (Å²) in [4.78, 5) is 10.2. The monoisotopic (exact) mass is 250 g/mol. The Bertz CT molecular complexity index is 582. The van der Waals surface area contributed by atoms with E-state index in [4.69, 9.17) is 0 Å². The minimum absolute atomic E-state index is 0.105. The molecule has 0 saturated heterocycles. The summed E-state index contributed by atoms with van der Waals surface area (Å²) in [5, 5.41) is 17.5. The molecule has 0 saturated carbocycles. The van der Waals surface area contributed by atoms with E-state index in [1.807, 2.05) is 0 Å². The summed E-state index contributed by atoms with van der Waals surface area (Å²) >= 11 is 0. The lowest BCUT2D eigenvalue weighted by Gasteiger charge is -2.06. The summed E-state index contributed by atoms with van der Waals surface area (Å²) in [6.07, 6.45) is 3.36. The minimum atomic E-state index is -0.645. The molecule has 1 aromatic heterocycles. The van der Waals surface area contributed by atoms with E-state index in [-0.39, 0.29) is 17.9 Å². The number of hydrogen-bond donors (Lipinski definition) is 1. The molecular formula is C11H11FN4O2. The molecule has 0 bridgehead atoms. The fourth-order valence-corrected chi connectivity index (χ4v) is 1.59. The number of anilines is 1. The van der Waals surface area contributed by atoms with Gasteiger partial charge in [-0.2, -0.15) is 5.10 Å². The van der Waals surface area contributed by atoms with Gasteiger partial charge in [0.2, 0.25) is 0 Å². The Morgan fingerprint density at radius 2 is 2.33 bits per heavy atom. The average Bonchev–Trinajstić information content (AvgIpc) is 2.73. The summed E-state index contributed by atoms with van der Waals surface area (Å²) in [6, 6.07) is 3.75. The van der Waals surface area contributed by atoms with Gasteiger partial charge < -0.3 is 5.32 Å². The second-order valence-electron chi connectivity index (χ2n) is 3.77. The van der Waals surface area contributed by atoms with Crippen LogP contribution >= 0.6 is 0 Å². The number of benzene rings is 1. The highest BCUT2D eigenvalue weighted by Gasteiger charge is 2.17. The zero-order valence-electron chi connectivity index (χ0n) is 9.63. The molecule has 1 N–H and O–H groups in total. The van der Waals surface area contributed by atoms with Crippen LogP contribution < -0.4 is 5.32 Å². The number of halogens is 1. The summed E-state index contributed by atoms with van der Waals surface area (Å²) in [5.74, 6) is -0.645. The number of nitrogens with one attached hydrogen (secondary N) is 1. The van der Waals surface area contributed by atoms with Crippen LogP contribution in [0, 0.1) is 15.9 Å². The molecule has 2 rings (SSSR count). The molecule has 1 heterocycles. The van der Waals surface area contributed by atoms with Gasteiger partial charge in [-0.15, -0.1) is 0 Å². The Morgan fingerprint density at radius 1 is 1.56 bits per heavy atom. The maximum Gasteiger partial charge on any atom is 0.295 e. The topological polar surface area (TPSA) is 73.0 Å². The Labute approximate surface area is 102 Å². The standard InChI is InChI=1S/C11H11FN4O2/c1-15-7-8(6-14-15)5-13-11-9(12)3-2-4-10(11)16(17)18/h2-4,6-7,13H,5H2,1H3. The molecule has 0 atom stereocenters. The number of para-hydroxylation sites is 1. The van der Waals surface area contributed by atoms with E-state index >= 15 is 0 Å². The van der Waals surface area contributed by atoms with Crippen LogP contribution in [0.4, 0.5) is 15.8 Å². The fraction of sp³-hybridized carbons (Fsp3) is 0.182. The van der Waals surface area contributed by atoms with Crippen LogP contribution in [0.3, 0.4) is 0 Å². The van der Waals surface area contributed by atoms with Crippen LogP contribution in [-0.2, 0) is 13.6 Å². The van der Waals surface area contributed by atoms with E-state index in [0.717, 1.165) is 5.56 Å². The van der Waals surface area contributed by atoms with Crippen LogP contribution in [0.15, 0.2) is 30.6 Å². The number of nitro benzene ring substituents is 1. The molecule has 2 aromatic rings. The highest BCUT2D eigenvalue weighted by molar-refractivity contribution is 5.62. The Morgan fingerprint density at radius 3 is 2.94 bits per heavy atom. The van der Waals surface area contributed by atoms with Crippen molar-refractivity contribution in [3.8, 4) is 0 Å². The number of nitrogens with zero attached hydrogens (tertiary/aromatic N) is 3. The summed E-state index contributed by atoms with van der Waals surface area (Å²) in [6.45, 7) is 0.273. The molecule has 1 aromatic carbocycles. The lowest BCUT2D eigenvalue weighted by atomic mass is 10.2. The Kier molecular flexibility index (Phi) is 3.22. The van der Waals surface area contributed by atoms with Gasteiger partial charge in [0.25, 0.3) is 5.69 Å². The third kappa shape index (κ3) is 2.45. The first-order chi connectivity index (χ1) is 8.58. The van der Waals surface area contributed by atoms with Crippen LogP contribution in [0.1, 0.15) is 5.56 Å². The maximum absolute atomic E-state index is 13.5. The largest absolute Gasteiger partial charge is 0.373 e. The van der Waals surface area contributed by atoms with Gasteiger partial charge in [-0.1, -0.05) is 6.07 Å². The van der Waals surface area contributed by atoms with Crippen LogP contribution in [0.5, 0.6) is 0 Å². The van der Waals surface area contributed by atoms with Crippen molar-refractivity contribution in [2.24, 2.45) is 7.05 Å². The van der Waals surface area contributed by atoms with E-state index in [1.54, 1.807) is 24.1 Å². The van der Waals surface area contributed by atoms with Crippen LogP contribution in [0.2, 0.25) is 0 Å². The molecule has 94 valence electrons. The van der Waals surface area contributed by atoms with Gasteiger partial charge in [-0.05, 0) is 6.07 Å². The average molecular weight is 250 g/mol. The van der Waals surface area contributed by atoms with E-state index < -0.39 is 10.7 Å². The minimum Gasteiger partial charge on any atom is -0.373 e. The molecule has 7 heteroatoms. The first kappa shape index (κ1) is 12.0. The summed E-state index contributed by atoms with van der Waals surface area (Å²) in [5.41, 5.74) is 0.431. The number of aryl methyl sites for hydroxylation is 1. The number of nitro groups is 1. The van der Waals surface area contributed by atoms with Gasteiger partial charge in [-0.25, -0.2) is 4.39 Å². The number of aromatic nitrogens is 2. The molecule has 0 radical (unpaired) electrons. The third-order valence-electron chi connectivity index (χ3n) is 2.42. The van der Waals surface area contributed by atoms with Gasteiger partial charge in [0.1, 0.15) is 5.69 Å². The van der Waals surface area contributed by atoms with E-state index in [9.17, 15) is 14.5 Å². The fourth-order valence-electron chi connectivity index (χ4n) is 1.59. The quantitative estimate of drug-likeness (QED) is 0.666. The van der Waals surface area contributed by atoms with E-state index in [0.29, 0.717) is 0 Å². The van der Waals surface area contributed by atoms with Gasteiger partial charge in [-0.3, -0.25) is 14.8 Å². The molecule has 0 aliphatic rings. The van der Waals surface area contributed by atoms with Crippen molar-refractivity contribution >= 4 is 11.4 Å². The van der Waals surface area contributed by atoms with Gasteiger partial charge in [0.15, 0.2) is 5.82 Å². The molecule has 0 aliphatic heterocycles. The van der Waals surface area contributed by atoms with Crippen molar-refractivity contribution in [1.29, 1.82) is 0 Å².